The quantitative estimate of drug-likeness (QED) is 0.383. The molecular weight excluding hydrogens is 438 g/mol. The van der Waals surface area contributed by atoms with Gasteiger partial charge in [-0.05, 0) is 31.0 Å². The fraction of sp³-hybridized carbons (Fsp3) is 0.217. The Morgan fingerprint density at radius 3 is 2.75 bits per heavy atom. The highest BCUT2D eigenvalue weighted by Gasteiger charge is 2.27. The van der Waals surface area contributed by atoms with Gasteiger partial charge in [-0.2, -0.15) is 8.78 Å². The number of ether oxygens (including phenoxy) is 2. The molecule has 0 atom stereocenters. The summed E-state index contributed by atoms with van der Waals surface area (Å²) in [6.07, 6.45) is 5.21. The van der Waals surface area contributed by atoms with Gasteiger partial charge in [0.2, 0.25) is 5.88 Å². The molecule has 1 aliphatic heterocycles. The Morgan fingerprint density at radius 1 is 1.16 bits per heavy atom. The van der Waals surface area contributed by atoms with Gasteiger partial charge in [-0.15, -0.1) is 0 Å². The third kappa shape index (κ3) is 3.60. The first-order valence-electron chi connectivity index (χ1n) is 10.1. The summed E-state index contributed by atoms with van der Waals surface area (Å²) >= 11 is 6.58. The van der Waals surface area contributed by atoms with Crippen LogP contribution >= 0.6 is 11.6 Å². The van der Waals surface area contributed by atoms with Crippen LogP contribution in [-0.4, -0.2) is 34.6 Å². The second-order valence-electron chi connectivity index (χ2n) is 7.34. The van der Waals surface area contributed by atoms with E-state index in [-0.39, 0.29) is 5.75 Å². The van der Waals surface area contributed by atoms with Gasteiger partial charge in [0, 0.05) is 42.2 Å². The largest absolute Gasteiger partial charge is 0.481 e. The lowest BCUT2D eigenvalue weighted by molar-refractivity contribution is -0.0494. The zero-order chi connectivity index (χ0) is 22.2. The highest BCUT2D eigenvalue weighted by molar-refractivity contribution is 6.33. The summed E-state index contributed by atoms with van der Waals surface area (Å²) in [5.41, 5.74) is 3.73. The number of benzene rings is 1. The molecular formula is C23H19ClF2N4O2. The monoisotopic (exact) mass is 456 g/mol. The van der Waals surface area contributed by atoms with Gasteiger partial charge >= 0.3 is 6.61 Å². The molecule has 4 heterocycles. The van der Waals surface area contributed by atoms with Crippen LogP contribution in [0.5, 0.6) is 11.6 Å². The van der Waals surface area contributed by atoms with Gasteiger partial charge in [0.25, 0.3) is 0 Å². The number of hydrogen-bond acceptors (Lipinski definition) is 5. The maximum atomic E-state index is 13.0. The second-order valence-corrected chi connectivity index (χ2v) is 7.74. The number of anilines is 2. The lowest BCUT2D eigenvalue weighted by Gasteiger charge is -2.30. The number of pyridine rings is 2. The van der Waals surface area contributed by atoms with Crippen molar-refractivity contribution < 1.29 is 18.3 Å². The molecule has 9 heteroatoms. The van der Waals surface area contributed by atoms with Crippen LogP contribution in [0.1, 0.15) is 12.1 Å². The standard InChI is InChI=1S/C23H19ClF2N4O2/c1-31-21-9-8-14(12-27-21)15-13-30-20(11-16(15)24)28-17-5-4-10-29(22(17)30)18-6-2-3-7-19(18)32-23(25)26/h2-3,6-9,11-13,23H,4-5,10H2,1H3. The van der Waals surface area contributed by atoms with Crippen LogP contribution in [-0.2, 0) is 6.42 Å². The third-order valence-electron chi connectivity index (χ3n) is 5.43. The number of aromatic nitrogens is 3. The fourth-order valence-electron chi connectivity index (χ4n) is 4.05. The molecule has 3 aromatic heterocycles. The molecule has 0 spiro atoms. The maximum absolute atomic E-state index is 13.0. The SMILES string of the molecule is COc1ccc(-c2cn3c4c(nc3cc2Cl)CCCN4c2ccccc2OC(F)F)cn1. The Kier molecular flexibility index (Phi) is 5.30. The van der Waals surface area contributed by atoms with Crippen LogP contribution in [0, 0.1) is 0 Å². The number of nitrogens with zero attached hydrogens (tertiary/aromatic N) is 4. The van der Waals surface area contributed by atoms with Crippen LogP contribution in [0.15, 0.2) is 54.9 Å². The Balaban J connectivity index is 1.66. The van der Waals surface area contributed by atoms with E-state index in [4.69, 9.17) is 26.1 Å². The molecule has 0 unspecified atom stereocenters. The molecule has 0 radical (unpaired) electrons. The van der Waals surface area contributed by atoms with Crippen molar-refractivity contribution in [2.45, 2.75) is 19.5 Å². The Morgan fingerprint density at radius 2 is 2.00 bits per heavy atom. The van der Waals surface area contributed by atoms with Crippen molar-refractivity contribution in [3.05, 3.63) is 65.6 Å². The number of rotatable bonds is 5. The molecule has 5 rings (SSSR count). The van der Waals surface area contributed by atoms with E-state index in [1.807, 2.05) is 21.6 Å². The van der Waals surface area contributed by atoms with E-state index in [0.29, 0.717) is 28.8 Å². The summed E-state index contributed by atoms with van der Waals surface area (Å²) in [5, 5.41) is 0.541. The smallest absolute Gasteiger partial charge is 0.387 e. The fourth-order valence-corrected chi connectivity index (χ4v) is 4.30. The number of imidazole rings is 1. The molecule has 0 aliphatic carbocycles. The summed E-state index contributed by atoms with van der Waals surface area (Å²) in [6.45, 7) is -2.26. The first kappa shape index (κ1) is 20.5. The van der Waals surface area contributed by atoms with Crippen LogP contribution in [0.4, 0.5) is 20.3 Å². The molecule has 1 aliphatic rings. The third-order valence-corrected chi connectivity index (χ3v) is 5.75. The van der Waals surface area contributed by atoms with Crippen LogP contribution in [0.2, 0.25) is 5.02 Å². The average Bonchev–Trinajstić information content (AvgIpc) is 3.16. The van der Waals surface area contributed by atoms with E-state index >= 15 is 0 Å². The van der Waals surface area contributed by atoms with E-state index in [1.165, 1.54) is 0 Å². The Bertz CT molecular complexity index is 1280. The summed E-state index contributed by atoms with van der Waals surface area (Å²) in [6, 6.07) is 12.3. The van der Waals surface area contributed by atoms with Gasteiger partial charge in [0.1, 0.15) is 17.2 Å². The summed E-state index contributed by atoms with van der Waals surface area (Å²) in [5.74, 6) is 1.45. The molecule has 0 fully saturated rings. The van der Waals surface area contributed by atoms with Gasteiger partial charge in [0.05, 0.1) is 23.5 Å². The van der Waals surface area contributed by atoms with Gasteiger partial charge in [-0.3, -0.25) is 4.40 Å². The molecule has 0 saturated carbocycles. The van der Waals surface area contributed by atoms with Crippen molar-refractivity contribution >= 4 is 28.8 Å². The number of fused-ring (bicyclic) bond motifs is 3. The molecule has 32 heavy (non-hydrogen) atoms. The van der Waals surface area contributed by atoms with Crippen molar-refractivity contribution in [2.24, 2.45) is 0 Å². The molecule has 4 aromatic rings. The minimum absolute atomic E-state index is 0.124. The minimum atomic E-state index is -2.91. The van der Waals surface area contributed by atoms with Gasteiger partial charge in [-0.1, -0.05) is 23.7 Å². The number of para-hydroxylation sites is 2. The molecule has 0 bridgehead atoms. The molecule has 164 valence electrons. The normalized spacial score (nSPS) is 13.5. The number of aryl methyl sites for hydroxylation is 1. The van der Waals surface area contributed by atoms with E-state index in [0.717, 1.165) is 35.5 Å². The topological polar surface area (TPSA) is 51.9 Å². The molecule has 1 aromatic carbocycles. The highest BCUT2D eigenvalue weighted by Crippen LogP contribution is 2.41. The zero-order valence-electron chi connectivity index (χ0n) is 17.1. The summed E-state index contributed by atoms with van der Waals surface area (Å²) in [4.78, 5) is 11.0. The van der Waals surface area contributed by atoms with E-state index in [9.17, 15) is 8.78 Å². The van der Waals surface area contributed by atoms with Crippen molar-refractivity contribution in [2.75, 3.05) is 18.6 Å². The molecule has 0 N–H and O–H groups in total. The predicted octanol–water partition coefficient (Wildman–Crippen LogP) is 5.74. The van der Waals surface area contributed by atoms with Gasteiger partial charge < -0.3 is 14.4 Å². The van der Waals surface area contributed by atoms with Crippen molar-refractivity contribution in [1.82, 2.24) is 14.4 Å². The van der Waals surface area contributed by atoms with E-state index < -0.39 is 6.61 Å². The van der Waals surface area contributed by atoms with Crippen LogP contribution in [0.3, 0.4) is 0 Å². The van der Waals surface area contributed by atoms with Crippen molar-refractivity contribution in [3.8, 4) is 22.8 Å². The number of halogens is 3. The lowest BCUT2D eigenvalue weighted by Crippen LogP contribution is -2.26. The summed E-state index contributed by atoms with van der Waals surface area (Å²) in [7, 11) is 1.56. The molecule has 0 amide bonds. The Hall–Kier alpha value is -3.39. The van der Waals surface area contributed by atoms with E-state index in [1.54, 1.807) is 49.7 Å². The zero-order valence-corrected chi connectivity index (χ0v) is 17.9. The predicted molar refractivity (Wildman–Crippen MR) is 118 cm³/mol. The average molecular weight is 457 g/mol. The highest BCUT2D eigenvalue weighted by atomic mass is 35.5. The van der Waals surface area contributed by atoms with Crippen LogP contribution in [0.25, 0.3) is 16.8 Å². The summed E-state index contributed by atoms with van der Waals surface area (Å²) < 4.78 is 37.9. The number of methoxy groups -OCH3 is 1. The molecule has 6 nitrogen and oxygen atoms in total. The minimum Gasteiger partial charge on any atom is -0.481 e. The second kappa shape index (κ2) is 8.27. The van der Waals surface area contributed by atoms with Gasteiger partial charge in [-0.25, -0.2) is 9.97 Å². The first-order valence-corrected chi connectivity index (χ1v) is 10.4. The van der Waals surface area contributed by atoms with Crippen LogP contribution < -0.4 is 14.4 Å². The maximum Gasteiger partial charge on any atom is 0.387 e. The first-order chi connectivity index (χ1) is 15.5. The van der Waals surface area contributed by atoms with Crippen molar-refractivity contribution in [1.29, 1.82) is 0 Å². The van der Waals surface area contributed by atoms with Crippen molar-refractivity contribution in [3.63, 3.8) is 0 Å². The number of alkyl halides is 2. The van der Waals surface area contributed by atoms with E-state index in [2.05, 4.69) is 4.98 Å². The lowest BCUT2D eigenvalue weighted by atomic mass is 10.1. The van der Waals surface area contributed by atoms with Gasteiger partial charge in [0.15, 0.2) is 0 Å². The number of hydrogen-bond donors (Lipinski definition) is 0. The molecule has 0 saturated heterocycles. The Labute approximate surface area is 188 Å².